The molecule has 0 bridgehead atoms. The van der Waals surface area contributed by atoms with Crippen molar-refractivity contribution in [3.63, 3.8) is 0 Å². The molecule has 3 aromatic rings. The maximum absolute atomic E-state index is 13.6. The second kappa shape index (κ2) is 9.27. The van der Waals surface area contributed by atoms with Gasteiger partial charge in [-0.05, 0) is 56.2 Å². The zero-order valence-corrected chi connectivity index (χ0v) is 19.4. The Kier molecular flexibility index (Phi) is 6.39. The summed E-state index contributed by atoms with van der Waals surface area (Å²) in [4.78, 5) is 40.2. The Morgan fingerprint density at radius 2 is 1.47 bits per heavy atom. The third kappa shape index (κ3) is 4.52. The van der Waals surface area contributed by atoms with E-state index in [1.807, 2.05) is 38.1 Å². The molecule has 7 heteroatoms. The van der Waals surface area contributed by atoms with Crippen molar-refractivity contribution in [1.82, 2.24) is 0 Å². The van der Waals surface area contributed by atoms with Gasteiger partial charge in [0, 0.05) is 17.8 Å². The molecule has 2 aromatic carbocycles. The number of ketones is 1. The van der Waals surface area contributed by atoms with Gasteiger partial charge in [-0.1, -0.05) is 36.4 Å². The van der Waals surface area contributed by atoms with Gasteiger partial charge < -0.3 is 20.2 Å². The number of benzene rings is 2. The Balaban J connectivity index is 1.74. The molecule has 0 radical (unpaired) electrons. The third-order valence-corrected chi connectivity index (χ3v) is 6.51. The Bertz CT molecular complexity index is 1220. The van der Waals surface area contributed by atoms with Crippen molar-refractivity contribution in [2.75, 3.05) is 10.6 Å². The minimum Gasteiger partial charge on any atom is -0.469 e. The van der Waals surface area contributed by atoms with Crippen molar-refractivity contribution in [2.45, 2.75) is 38.7 Å². The van der Waals surface area contributed by atoms with Crippen molar-refractivity contribution in [1.29, 1.82) is 0 Å². The molecule has 1 fully saturated rings. The quantitative estimate of drug-likeness (QED) is 0.494. The van der Waals surface area contributed by atoms with Crippen LogP contribution in [0.15, 0.2) is 71.3 Å². The van der Waals surface area contributed by atoms with Crippen LogP contribution in [0.25, 0.3) is 0 Å². The lowest BCUT2D eigenvalue weighted by Crippen LogP contribution is -2.56. The molecule has 0 spiro atoms. The minimum absolute atomic E-state index is 0.295. The van der Waals surface area contributed by atoms with Crippen LogP contribution in [0.3, 0.4) is 0 Å². The van der Waals surface area contributed by atoms with E-state index < -0.39 is 41.0 Å². The highest BCUT2D eigenvalue weighted by molar-refractivity contribution is 6.10. The lowest BCUT2D eigenvalue weighted by atomic mass is 9.62. The van der Waals surface area contributed by atoms with Gasteiger partial charge in [-0.2, -0.15) is 0 Å². The van der Waals surface area contributed by atoms with E-state index in [0.717, 1.165) is 11.1 Å². The number of anilines is 2. The SMILES string of the molecule is Cc1ccccc1NC(=O)[C@@H]1C(=O)C[C@](C)(O)[C@@H](C(=O)Nc2ccccc2C)[C@@H]1c1ccco1. The molecule has 1 saturated carbocycles. The average Bonchev–Trinajstić information content (AvgIpc) is 3.30. The van der Waals surface area contributed by atoms with Crippen molar-refractivity contribution in [3.05, 3.63) is 83.8 Å². The predicted octanol–water partition coefficient (Wildman–Crippen LogP) is 4.21. The van der Waals surface area contributed by atoms with E-state index in [4.69, 9.17) is 4.42 Å². The number of carbonyl (C=O) groups is 3. The van der Waals surface area contributed by atoms with E-state index in [9.17, 15) is 19.5 Å². The Morgan fingerprint density at radius 3 is 2.00 bits per heavy atom. The molecule has 0 saturated heterocycles. The maximum atomic E-state index is 13.6. The Hall–Kier alpha value is -3.71. The molecule has 2 amide bonds. The van der Waals surface area contributed by atoms with Gasteiger partial charge in [-0.3, -0.25) is 14.4 Å². The third-order valence-electron chi connectivity index (χ3n) is 6.51. The first-order valence-electron chi connectivity index (χ1n) is 11.2. The highest BCUT2D eigenvalue weighted by Crippen LogP contribution is 2.46. The molecule has 1 aromatic heterocycles. The molecule has 3 N–H and O–H groups in total. The van der Waals surface area contributed by atoms with Gasteiger partial charge in [0.1, 0.15) is 17.5 Å². The first-order valence-corrected chi connectivity index (χ1v) is 11.2. The number of aliphatic hydroxyl groups is 1. The summed E-state index contributed by atoms with van der Waals surface area (Å²) in [6.45, 7) is 5.17. The molecule has 4 rings (SSSR count). The van der Waals surface area contributed by atoms with Crippen LogP contribution in [0.1, 0.15) is 36.1 Å². The monoisotopic (exact) mass is 460 g/mol. The van der Waals surface area contributed by atoms with Gasteiger partial charge in [-0.15, -0.1) is 0 Å². The number of nitrogens with one attached hydrogen (secondary N) is 2. The molecule has 1 aliphatic carbocycles. The highest BCUT2D eigenvalue weighted by atomic mass is 16.3. The molecule has 0 aliphatic heterocycles. The van der Waals surface area contributed by atoms with Crippen molar-refractivity contribution in [3.8, 4) is 0 Å². The van der Waals surface area contributed by atoms with E-state index in [2.05, 4.69) is 10.6 Å². The van der Waals surface area contributed by atoms with Crippen LogP contribution in [0.4, 0.5) is 11.4 Å². The van der Waals surface area contributed by atoms with Crippen molar-refractivity contribution < 1.29 is 23.9 Å². The Morgan fingerprint density at radius 1 is 0.912 bits per heavy atom. The highest BCUT2D eigenvalue weighted by Gasteiger charge is 2.57. The van der Waals surface area contributed by atoms with Crippen LogP contribution in [0.5, 0.6) is 0 Å². The van der Waals surface area contributed by atoms with Crippen LogP contribution < -0.4 is 10.6 Å². The standard InChI is InChI=1S/C27H28N2O5/c1-16-9-4-6-11-18(16)28-25(31)22-20(30)15-27(3,33)24(23(22)21-13-8-14-34-21)26(32)29-19-12-7-5-10-17(19)2/h4-14,22-24,33H,15H2,1-3H3,(H,28,31)(H,29,32)/t22-,23-,24-,27+/m1/s1. The van der Waals surface area contributed by atoms with Crippen LogP contribution in [0, 0.1) is 25.7 Å². The summed E-state index contributed by atoms with van der Waals surface area (Å²) in [7, 11) is 0. The fraction of sp³-hybridized carbons (Fsp3) is 0.296. The topological polar surface area (TPSA) is 109 Å². The van der Waals surface area contributed by atoms with Crippen LogP contribution in [0.2, 0.25) is 0 Å². The fourth-order valence-corrected chi connectivity index (χ4v) is 4.76. The lowest BCUT2D eigenvalue weighted by molar-refractivity contribution is -0.151. The second-order valence-electron chi connectivity index (χ2n) is 9.11. The largest absolute Gasteiger partial charge is 0.469 e. The number of rotatable bonds is 5. The van der Waals surface area contributed by atoms with Crippen LogP contribution >= 0.6 is 0 Å². The first kappa shape index (κ1) is 23.4. The van der Waals surface area contributed by atoms with Crippen LogP contribution in [-0.4, -0.2) is 28.3 Å². The lowest BCUT2D eigenvalue weighted by Gasteiger charge is -2.43. The maximum Gasteiger partial charge on any atom is 0.235 e. The number of para-hydroxylation sites is 2. The summed E-state index contributed by atoms with van der Waals surface area (Å²) >= 11 is 0. The smallest absolute Gasteiger partial charge is 0.235 e. The molecule has 34 heavy (non-hydrogen) atoms. The van der Waals surface area contributed by atoms with Gasteiger partial charge in [0.15, 0.2) is 0 Å². The van der Waals surface area contributed by atoms with E-state index in [0.29, 0.717) is 17.1 Å². The summed E-state index contributed by atoms with van der Waals surface area (Å²) in [5.74, 6) is -4.48. The second-order valence-corrected chi connectivity index (χ2v) is 9.11. The number of carbonyl (C=O) groups excluding carboxylic acids is 3. The van der Waals surface area contributed by atoms with E-state index in [-0.39, 0.29) is 6.42 Å². The van der Waals surface area contributed by atoms with Gasteiger partial charge in [-0.25, -0.2) is 0 Å². The fourth-order valence-electron chi connectivity index (χ4n) is 4.76. The van der Waals surface area contributed by atoms with E-state index in [1.54, 1.807) is 36.4 Å². The zero-order valence-electron chi connectivity index (χ0n) is 19.4. The van der Waals surface area contributed by atoms with Gasteiger partial charge in [0.2, 0.25) is 11.8 Å². The zero-order chi connectivity index (χ0) is 24.5. The average molecular weight is 461 g/mol. The number of aryl methyl sites for hydroxylation is 2. The number of Topliss-reactive ketones (excluding diaryl/α,β-unsaturated/α-hetero) is 1. The number of hydrogen-bond acceptors (Lipinski definition) is 5. The van der Waals surface area contributed by atoms with Gasteiger partial charge in [0.05, 0.1) is 23.7 Å². The molecule has 7 nitrogen and oxygen atoms in total. The molecular formula is C27H28N2O5. The first-order chi connectivity index (χ1) is 16.2. The minimum atomic E-state index is -1.68. The number of furan rings is 1. The molecule has 4 atom stereocenters. The molecule has 176 valence electrons. The number of hydrogen-bond donors (Lipinski definition) is 3. The normalized spacial score (nSPS) is 24.5. The summed E-state index contributed by atoms with van der Waals surface area (Å²) in [5.41, 5.74) is 1.19. The van der Waals surface area contributed by atoms with Gasteiger partial charge >= 0.3 is 0 Å². The number of amides is 2. The predicted molar refractivity (Wildman–Crippen MR) is 128 cm³/mol. The van der Waals surface area contributed by atoms with E-state index >= 15 is 0 Å². The summed E-state index contributed by atoms with van der Waals surface area (Å²) in [6.07, 6.45) is 1.09. The van der Waals surface area contributed by atoms with Crippen molar-refractivity contribution in [2.24, 2.45) is 11.8 Å². The molecule has 0 unspecified atom stereocenters. The summed E-state index contributed by atoms with van der Waals surface area (Å²) in [5, 5.41) is 17.0. The van der Waals surface area contributed by atoms with E-state index in [1.165, 1.54) is 13.2 Å². The van der Waals surface area contributed by atoms with Crippen molar-refractivity contribution >= 4 is 29.0 Å². The molecular weight excluding hydrogens is 432 g/mol. The summed E-state index contributed by atoms with van der Waals surface area (Å²) < 4.78 is 5.60. The molecule has 1 aliphatic rings. The van der Waals surface area contributed by atoms with Gasteiger partial charge in [0.25, 0.3) is 0 Å². The van der Waals surface area contributed by atoms with Crippen LogP contribution in [-0.2, 0) is 14.4 Å². The molecule has 1 heterocycles. The summed E-state index contributed by atoms with van der Waals surface area (Å²) in [6, 6.07) is 17.8. The Labute approximate surface area is 198 Å².